The summed E-state index contributed by atoms with van der Waals surface area (Å²) in [5, 5.41) is 0. The van der Waals surface area contributed by atoms with Gasteiger partial charge in [0.05, 0.1) is 0 Å². The maximum atomic E-state index is 2.59. The van der Waals surface area contributed by atoms with Crippen molar-refractivity contribution in [2.75, 3.05) is 0 Å². The van der Waals surface area contributed by atoms with Gasteiger partial charge in [-0.15, -0.1) is 0 Å². The molecule has 2 aromatic heterocycles. The van der Waals surface area contributed by atoms with Crippen LogP contribution in [0.3, 0.4) is 0 Å². The van der Waals surface area contributed by atoms with E-state index in [1.54, 1.807) is 23.1 Å². The molecule has 0 fully saturated rings. The van der Waals surface area contributed by atoms with Crippen LogP contribution in [0.1, 0.15) is 104 Å². The standard InChI is InChI=1S/C16H21S2.3C4H9.Sn/c1-3-5-7-13(4-2)12-14-9-10-16(18-14)15-8-6-11-17-15;3*1-3-4-2;/h6,8-10,13H,3-5,7,12H2,1-2H3;3*1,3-4H2,2H3;. The Morgan fingerprint density at radius 3 is 1.77 bits per heavy atom. The normalized spacial score (nSPS) is 13.1. The van der Waals surface area contributed by atoms with E-state index in [1.807, 2.05) is 2.89 Å². The number of thiophene rings is 2. The molecule has 2 rings (SSSR count). The van der Waals surface area contributed by atoms with Crippen LogP contribution in [0.5, 0.6) is 0 Å². The molecule has 0 aromatic carbocycles. The van der Waals surface area contributed by atoms with Gasteiger partial charge in [0.1, 0.15) is 0 Å². The van der Waals surface area contributed by atoms with E-state index in [-0.39, 0.29) is 0 Å². The predicted octanol–water partition coefficient (Wildman–Crippen LogP) is 10.3. The van der Waals surface area contributed by atoms with E-state index in [1.165, 1.54) is 75.5 Å². The van der Waals surface area contributed by atoms with Crippen LogP contribution in [0.2, 0.25) is 13.3 Å². The fraction of sp³-hybridized carbons (Fsp3) is 0.714. The van der Waals surface area contributed by atoms with Gasteiger partial charge in [0, 0.05) is 0 Å². The fourth-order valence-corrected chi connectivity index (χ4v) is 26.2. The van der Waals surface area contributed by atoms with Crippen molar-refractivity contribution >= 4 is 43.9 Å². The van der Waals surface area contributed by atoms with Gasteiger partial charge >= 0.3 is 207 Å². The van der Waals surface area contributed by atoms with Crippen molar-refractivity contribution in [1.29, 1.82) is 0 Å². The van der Waals surface area contributed by atoms with Crippen LogP contribution < -0.4 is 2.89 Å². The minimum atomic E-state index is -2.27. The van der Waals surface area contributed by atoms with E-state index in [9.17, 15) is 0 Å². The summed E-state index contributed by atoms with van der Waals surface area (Å²) in [5.41, 5.74) is 0. The first-order valence-corrected chi connectivity index (χ1v) is 22.4. The summed E-state index contributed by atoms with van der Waals surface area (Å²) in [5.74, 6) is 0.867. The Hall–Kier alpha value is 0.199. The maximum absolute atomic E-state index is 2.59. The molecule has 1 atom stereocenters. The molecule has 0 N–H and O–H groups in total. The molecule has 31 heavy (non-hydrogen) atoms. The molecule has 0 aliphatic heterocycles. The second-order valence-corrected chi connectivity index (χ2v) is 26.1. The molecular weight excluding hydrogens is 519 g/mol. The van der Waals surface area contributed by atoms with Crippen molar-refractivity contribution in [1.82, 2.24) is 0 Å². The third-order valence-electron chi connectivity index (χ3n) is 7.09. The fourth-order valence-electron chi connectivity index (χ4n) is 4.89. The van der Waals surface area contributed by atoms with Crippen molar-refractivity contribution in [2.45, 2.75) is 119 Å². The zero-order valence-electron chi connectivity index (χ0n) is 21.1. The van der Waals surface area contributed by atoms with E-state index in [0.717, 1.165) is 5.92 Å². The Morgan fingerprint density at radius 2 is 1.23 bits per heavy atom. The second-order valence-electron chi connectivity index (χ2n) is 9.64. The second kappa shape index (κ2) is 15.2. The summed E-state index contributed by atoms with van der Waals surface area (Å²) in [6.45, 7) is 11.8. The van der Waals surface area contributed by atoms with Gasteiger partial charge < -0.3 is 0 Å². The van der Waals surface area contributed by atoms with E-state index in [2.05, 4.69) is 81.6 Å². The topological polar surface area (TPSA) is 0 Å². The van der Waals surface area contributed by atoms with Crippen molar-refractivity contribution in [3.05, 3.63) is 29.1 Å². The van der Waals surface area contributed by atoms with Crippen molar-refractivity contribution in [3.63, 3.8) is 0 Å². The van der Waals surface area contributed by atoms with Crippen molar-refractivity contribution < 1.29 is 0 Å². The van der Waals surface area contributed by atoms with Crippen molar-refractivity contribution in [2.24, 2.45) is 5.92 Å². The van der Waals surface area contributed by atoms with Gasteiger partial charge in [-0.3, -0.25) is 0 Å². The van der Waals surface area contributed by atoms with Crippen molar-refractivity contribution in [3.8, 4) is 9.75 Å². The van der Waals surface area contributed by atoms with Crippen LogP contribution >= 0.6 is 22.7 Å². The molecule has 0 amide bonds. The molecule has 0 radical (unpaired) electrons. The molecule has 0 bridgehead atoms. The van der Waals surface area contributed by atoms with Crippen LogP contribution in [-0.4, -0.2) is 18.4 Å². The number of rotatable bonds is 17. The number of hydrogen-bond acceptors (Lipinski definition) is 2. The monoisotopic (exact) mass is 568 g/mol. The molecule has 176 valence electrons. The summed E-state index contributed by atoms with van der Waals surface area (Å²) >= 11 is 2.00. The molecule has 3 heteroatoms. The molecule has 0 aliphatic rings. The Labute approximate surface area is 206 Å². The minimum absolute atomic E-state index is 0.867. The molecule has 0 aliphatic carbocycles. The summed E-state index contributed by atoms with van der Waals surface area (Å²) in [4.78, 5) is 4.68. The molecule has 2 heterocycles. The number of hydrogen-bond donors (Lipinski definition) is 0. The summed E-state index contributed by atoms with van der Waals surface area (Å²) < 4.78 is 6.62. The first-order chi connectivity index (χ1) is 15.1. The Bertz CT molecular complexity index is 692. The molecule has 0 saturated heterocycles. The first kappa shape index (κ1) is 27.4. The van der Waals surface area contributed by atoms with Gasteiger partial charge in [-0.25, -0.2) is 0 Å². The van der Waals surface area contributed by atoms with Gasteiger partial charge in [0.15, 0.2) is 0 Å². The summed E-state index contributed by atoms with van der Waals surface area (Å²) in [6.07, 6.45) is 15.2. The quantitative estimate of drug-likeness (QED) is 0.167. The molecule has 0 spiro atoms. The van der Waals surface area contributed by atoms with Gasteiger partial charge in [0.25, 0.3) is 0 Å². The third-order valence-corrected chi connectivity index (χ3v) is 27.8. The Kier molecular flexibility index (Phi) is 13.4. The van der Waals surface area contributed by atoms with Crippen LogP contribution in [-0.2, 0) is 6.42 Å². The van der Waals surface area contributed by atoms with Crippen LogP contribution in [0.4, 0.5) is 0 Å². The summed E-state index contributed by atoms with van der Waals surface area (Å²) in [6, 6.07) is 9.92. The SMILES string of the molecule is CCCCC(CC)Cc1ccc(-c2cc[c]([Sn]([CH2]CCC)([CH2]CCC)[CH2]CCC)s2)s1. The molecule has 1 unspecified atom stereocenters. The average Bonchev–Trinajstić information content (AvgIpc) is 3.46. The molecule has 0 nitrogen and oxygen atoms in total. The van der Waals surface area contributed by atoms with Gasteiger partial charge in [-0.05, 0) is 0 Å². The van der Waals surface area contributed by atoms with Crippen LogP contribution in [0, 0.1) is 5.92 Å². The van der Waals surface area contributed by atoms with E-state index >= 15 is 0 Å². The zero-order valence-corrected chi connectivity index (χ0v) is 25.6. The van der Waals surface area contributed by atoms with E-state index in [0.29, 0.717) is 0 Å². The average molecular weight is 568 g/mol. The van der Waals surface area contributed by atoms with E-state index in [4.69, 9.17) is 0 Å². The molecule has 0 saturated carbocycles. The summed E-state index contributed by atoms with van der Waals surface area (Å²) in [7, 11) is 0. The number of unbranched alkanes of at least 4 members (excludes halogenated alkanes) is 4. The van der Waals surface area contributed by atoms with Gasteiger partial charge in [0.2, 0.25) is 0 Å². The van der Waals surface area contributed by atoms with E-state index < -0.39 is 18.4 Å². The Morgan fingerprint density at radius 1 is 0.677 bits per heavy atom. The zero-order chi connectivity index (χ0) is 22.5. The van der Waals surface area contributed by atoms with Gasteiger partial charge in [-0.2, -0.15) is 0 Å². The third kappa shape index (κ3) is 8.48. The van der Waals surface area contributed by atoms with Crippen LogP contribution in [0.25, 0.3) is 9.75 Å². The molecular formula is C28H48S2Sn. The first-order valence-electron chi connectivity index (χ1n) is 13.3. The predicted molar refractivity (Wildman–Crippen MR) is 149 cm³/mol. The van der Waals surface area contributed by atoms with Gasteiger partial charge in [-0.1, -0.05) is 0 Å². The van der Waals surface area contributed by atoms with Crippen LogP contribution in [0.15, 0.2) is 24.3 Å². The Balaban J connectivity index is 2.20. The molecule has 2 aromatic rings.